The number of allylic oxidation sites excluding steroid dienone is 1. The van der Waals surface area contributed by atoms with Crippen LogP contribution in [0.25, 0.3) is 11.6 Å². The molecule has 1 unspecified atom stereocenters. The molecule has 302 valence electrons. The molecule has 0 radical (unpaired) electrons. The number of carbonyl (C=O) groups excluding carboxylic acids is 2. The van der Waals surface area contributed by atoms with E-state index < -0.39 is 101 Å². The molecule has 0 aliphatic heterocycles. The Bertz CT molecular complexity index is 1770. The van der Waals surface area contributed by atoms with Gasteiger partial charge in [0.05, 0.1) is 12.3 Å². The lowest BCUT2D eigenvalue weighted by atomic mass is 9.96. The number of hydrogen-bond donors (Lipinski definition) is 0. The van der Waals surface area contributed by atoms with Crippen molar-refractivity contribution in [3.05, 3.63) is 78.7 Å². The number of aromatic nitrogens is 3. The zero-order valence-electron chi connectivity index (χ0n) is 31.9. The maximum atomic E-state index is 15.2. The van der Waals surface area contributed by atoms with Gasteiger partial charge in [-0.3, -0.25) is 0 Å². The Hall–Kier alpha value is -4.93. The Morgan fingerprint density at radius 2 is 1.47 bits per heavy atom. The smallest absolute Gasteiger partial charge is 0.426 e. The molecule has 0 bridgehead atoms. The lowest BCUT2D eigenvalue weighted by Crippen LogP contribution is -2.45. The summed E-state index contributed by atoms with van der Waals surface area (Å²) in [6.07, 6.45) is -12.7. The van der Waals surface area contributed by atoms with Crippen molar-refractivity contribution in [3.8, 4) is 17.5 Å². The van der Waals surface area contributed by atoms with Crippen LogP contribution in [0.1, 0.15) is 91.7 Å². The van der Waals surface area contributed by atoms with Gasteiger partial charge in [0, 0.05) is 6.42 Å². The summed E-state index contributed by atoms with van der Waals surface area (Å²) in [5.74, 6) is -3.52. The lowest BCUT2D eigenvalue weighted by Gasteiger charge is -2.32. The van der Waals surface area contributed by atoms with Crippen molar-refractivity contribution in [2.24, 2.45) is 5.92 Å². The molecule has 2 amide bonds. The van der Waals surface area contributed by atoms with Gasteiger partial charge in [-0.1, -0.05) is 56.3 Å². The highest BCUT2D eigenvalue weighted by Gasteiger charge is 2.61. The third kappa shape index (κ3) is 11.5. The van der Waals surface area contributed by atoms with Crippen molar-refractivity contribution in [2.75, 3.05) is 4.90 Å². The van der Waals surface area contributed by atoms with Crippen molar-refractivity contribution in [1.29, 1.82) is 0 Å². The highest BCUT2D eigenvalue weighted by atomic mass is 19.4. The molecule has 0 spiro atoms. The van der Waals surface area contributed by atoms with Gasteiger partial charge in [0.2, 0.25) is 11.5 Å². The minimum Gasteiger partial charge on any atom is -0.473 e. The van der Waals surface area contributed by atoms with Gasteiger partial charge >= 0.3 is 24.5 Å². The number of pyridine rings is 1. The Morgan fingerprint density at radius 1 is 0.891 bits per heavy atom. The lowest BCUT2D eigenvalue weighted by molar-refractivity contribution is -0.299. The van der Waals surface area contributed by atoms with Crippen LogP contribution in [0, 0.1) is 5.92 Å². The average Bonchev–Trinajstić information content (AvgIpc) is 3.53. The predicted molar refractivity (Wildman–Crippen MR) is 190 cm³/mol. The maximum Gasteiger partial charge on any atom is 0.426 e. The van der Waals surface area contributed by atoms with Crippen molar-refractivity contribution in [3.63, 3.8) is 0 Å². The van der Waals surface area contributed by atoms with Gasteiger partial charge in [0.15, 0.2) is 5.69 Å². The topological polar surface area (TPSA) is 126 Å². The van der Waals surface area contributed by atoms with Gasteiger partial charge in [-0.05, 0) is 71.9 Å². The minimum absolute atomic E-state index is 0.0660. The average molecular weight is 785 g/mol. The van der Waals surface area contributed by atoms with Gasteiger partial charge in [0.1, 0.15) is 22.9 Å². The van der Waals surface area contributed by atoms with Crippen LogP contribution in [0.15, 0.2) is 66.1 Å². The second-order valence-electron chi connectivity index (χ2n) is 14.8. The zero-order chi connectivity index (χ0) is 41.6. The predicted octanol–water partition coefficient (Wildman–Crippen LogP) is 10.7. The second-order valence-corrected chi connectivity index (χ2v) is 14.8. The van der Waals surface area contributed by atoms with E-state index in [0.29, 0.717) is 11.6 Å². The highest BCUT2D eigenvalue weighted by molar-refractivity contribution is 6.11. The zero-order valence-corrected chi connectivity index (χ0v) is 31.9. The molecular weight excluding hydrogens is 738 g/mol. The number of imide groups is 1. The van der Waals surface area contributed by atoms with E-state index >= 15 is 13.2 Å². The molecule has 55 heavy (non-hydrogen) atoms. The van der Waals surface area contributed by atoms with Crippen LogP contribution in [0.2, 0.25) is 0 Å². The molecule has 0 aliphatic rings. The number of anilines is 1. The molecular formula is C38H46F6N4O7. The molecule has 11 nitrogen and oxygen atoms in total. The molecule has 0 saturated heterocycles. The Morgan fingerprint density at radius 3 is 1.95 bits per heavy atom. The van der Waals surface area contributed by atoms with Gasteiger partial charge in [-0.15, -0.1) is 23.4 Å². The van der Waals surface area contributed by atoms with E-state index in [1.807, 2.05) is 0 Å². The fourth-order valence-corrected chi connectivity index (χ4v) is 4.91. The van der Waals surface area contributed by atoms with Crippen LogP contribution in [-0.2, 0) is 32.6 Å². The number of nitrogens with zero attached hydrogens (tertiary/aromatic N) is 4. The number of amides is 2. The molecule has 2 aromatic heterocycles. The molecule has 1 aromatic carbocycles. The SMILES string of the molecule is C=CCC[C@@](OCc1ccccc1)(c1nnc(-c2nc(OC(CC=C)C(C)C)c(C(F)(F)F)cc2N(C(=O)OC(C)(C)C)C(=O)OC(C)(C)C)o1)C(F)(F)F. The van der Waals surface area contributed by atoms with Gasteiger partial charge < -0.3 is 23.4 Å². The van der Waals surface area contributed by atoms with Crippen LogP contribution in [0.3, 0.4) is 0 Å². The maximum absolute atomic E-state index is 15.2. The summed E-state index contributed by atoms with van der Waals surface area (Å²) in [5, 5.41) is 7.42. The van der Waals surface area contributed by atoms with Crippen LogP contribution >= 0.6 is 0 Å². The number of carbonyl (C=O) groups is 2. The van der Waals surface area contributed by atoms with Crippen molar-refractivity contribution >= 4 is 17.9 Å². The number of rotatable bonds is 14. The monoisotopic (exact) mass is 784 g/mol. The quantitative estimate of drug-likeness (QED) is 0.115. The fourth-order valence-electron chi connectivity index (χ4n) is 4.91. The van der Waals surface area contributed by atoms with Crippen molar-refractivity contribution in [2.45, 2.75) is 117 Å². The Balaban J connectivity index is 2.46. The molecule has 2 atom stereocenters. The standard InChI is InChI=1S/C38H46F6N4O7/c1-11-13-20-36(38(42,43)44,51-22-24-18-15-14-16-19-24)31-47-46-30(53-31)28-26(48(32(49)54-34(5,6)7)33(50)55-35(8,9)10)21-25(37(39,40)41)29(45-28)52-27(17-12-2)23(3)4/h11-12,14-16,18-19,21,23,27H,1-2,13,17,20,22H2,3-10H3/t27?,36-/m1/s1. The molecule has 0 N–H and O–H groups in total. The van der Waals surface area contributed by atoms with E-state index in [-0.39, 0.29) is 17.7 Å². The number of alkyl halides is 6. The number of ether oxygens (including phenoxy) is 4. The first-order valence-corrected chi connectivity index (χ1v) is 17.2. The number of halogens is 6. The molecule has 0 saturated carbocycles. The summed E-state index contributed by atoms with van der Waals surface area (Å²) in [5.41, 5.74) is -8.88. The van der Waals surface area contributed by atoms with Gasteiger partial charge in [-0.2, -0.15) is 31.2 Å². The third-order valence-electron chi connectivity index (χ3n) is 7.53. The normalized spacial score (nSPS) is 14.2. The molecule has 0 aliphatic carbocycles. The molecule has 2 heterocycles. The van der Waals surface area contributed by atoms with E-state index in [9.17, 15) is 22.8 Å². The van der Waals surface area contributed by atoms with Crippen LogP contribution in [0.5, 0.6) is 5.88 Å². The first-order chi connectivity index (χ1) is 25.3. The molecule has 3 rings (SSSR count). The highest BCUT2D eigenvalue weighted by Crippen LogP contribution is 2.48. The summed E-state index contributed by atoms with van der Waals surface area (Å²) < 4.78 is 118. The van der Waals surface area contributed by atoms with Crippen molar-refractivity contribution < 1.29 is 59.3 Å². The summed E-state index contributed by atoms with van der Waals surface area (Å²) in [7, 11) is 0. The summed E-state index contributed by atoms with van der Waals surface area (Å²) in [6.45, 7) is 18.5. The first-order valence-electron chi connectivity index (χ1n) is 17.2. The summed E-state index contributed by atoms with van der Waals surface area (Å²) in [6, 6.07) is 8.27. The number of benzene rings is 1. The van der Waals surface area contributed by atoms with Crippen LogP contribution in [0.4, 0.5) is 41.6 Å². The molecule has 3 aromatic rings. The van der Waals surface area contributed by atoms with Crippen LogP contribution in [-0.4, -0.2) is 50.9 Å². The second kappa shape index (κ2) is 17.3. The van der Waals surface area contributed by atoms with E-state index in [1.54, 1.807) is 32.0 Å². The first kappa shape index (κ1) is 44.5. The summed E-state index contributed by atoms with van der Waals surface area (Å²) in [4.78, 5) is 31.6. The van der Waals surface area contributed by atoms with Crippen molar-refractivity contribution in [1.82, 2.24) is 15.2 Å². The van der Waals surface area contributed by atoms with E-state index in [2.05, 4.69) is 28.3 Å². The number of hydrogen-bond acceptors (Lipinski definition) is 10. The fraction of sp³-hybridized carbons (Fsp3) is 0.500. The third-order valence-corrected chi connectivity index (χ3v) is 7.53. The van der Waals surface area contributed by atoms with E-state index in [0.717, 1.165) is 0 Å². The van der Waals surface area contributed by atoms with Crippen LogP contribution < -0.4 is 9.64 Å². The summed E-state index contributed by atoms with van der Waals surface area (Å²) >= 11 is 0. The Labute approximate surface area is 315 Å². The molecule has 0 fully saturated rings. The van der Waals surface area contributed by atoms with E-state index in [4.69, 9.17) is 23.4 Å². The van der Waals surface area contributed by atoms with Gasteiger partial charge in [-0.25, -0.2) is 14.6 Å². The van der Waals surface area contributed by atoms with E-state index in [1.165, 1.54) is 65.8 Å². The minimum atomic E-state index is -5.22. The Kier molecular flexibility index (Phi) is 13.9. The molecule has 17 heteroatoms. The van der Waals surface area contributed by atoms with Gasteiger partial charge in [0.25, 0.3) is 11.8 Å². The largest absolute Gasteiger partial charge is 0.473 e.